The summed E-state index contributed by atoms with van der Waals surface area (Å²) in [6.45, 7) is 4.50. The van der Waals surface area contributed by atoms with Crippen LogP contribution in [-0.2, 0) is 11.3 Å². The second-order valence-electron chi connectivity index (χ2n) is 7.33. The molecule has 1 amide bonds. The normalized spacial score (nSPS) is 22.6. The molecule has 3 N–H and O–H groups in total. The molecule has 0 spiro atoms. The van der Waals surface area contributed by atoms with E-state index in [0.717, 1.165) is 37.9 Å². The molecule has 6 heteroatoms. The molecule has 0 bridgehead atoms. The second-order valence-corrected chi connectivity index (χ2v) is 7.33. The molecule has 0 radical (unpaired) electrons. The van der Waals surface area contributed by atoms with Gasteiger partial charge in [0.15, 0.2) is 0 Å². The number of anilines is 1. The van der Waals surface area contributed by atoms with Gasteiger partial charge >= 0.3 is 0 Å². The van der Waals surface area contributed by atoms with Gasteiger partial charge in [-0.1, -0.05) is 31.4 Å². The highest BCUT2D eigenvalue weighted by atomic mass is 35.5. The molecular weight excluding hydrogens is 357 g/mol. The number of likely N-dealkylation sites (tertiary alicyclic amines) is 1. The van der Waals surface area contributed by atoms with Crippen molar-refractivity contribution in [2.75, 3.05) is 11.9 Å². The first kappa shape index (κ1) is 22.2. The summed E-state index contributed by atoms with van der Waals surface area (Å²) in [6, 6.07) is 8.91. The first-order chi connectivity index (χ1) is 11.1. The summed E-state index contributed by atoms with van der Waals surface area (Å²) >= 11 is 0. The van der Waals surface area contributed by atoms with E-state index in [1.807, 2.05) is 12.1 Å². The number of benzene rings is 1. The van der Waals surface area contributed by atoms with Crippen LogP contribution in [0.3, 0.4) is 0 Å². The van der Waals surface area contributed by atoms with Gasteiger partial charge in [-0.2, -0.15) is 0 Å². The third kappa shape index (κ3) is 5.58. The molecule has 1 aliphatic carbocycles. The van der Waals surface area contributed by atoms with E-state index in [4.69, 9.17) is 5.73 Å². The molecule has 2 aliphatic rings. The third-order valence-electron chi connectivity index (χ3n) is 5.49. The summed E-state index contributed by atoms with van der Waals surface area (Å²) in [5, 5.41) is 2.99. The number of rotatable bonds is 4. The lowest BCUT2D eigenvalue weighted by molar-refractivity contribution is -0.121. The third-order valence-corrected chi connectivity index (χ3v) is 5.49. The Hall–Kier alpha value is -0.810. The average Bonchev–Trinajstić information content (AvgIpc) is 3.00. The molecule has 1 saturated carbocycles. The van der Waals surface area contributed by atoms with Crippen molar-refractivity contribution in [3.63, 3.8) is 0 Å². The molecule has 0 aromatic heterocycles. The van der Waals surface area contributed by atoms with Crippen LogP contribution in [0.15, 0.2) is 24.3 Å². The lowest BCUT2D eigenvalue weighted by Gasteiger charge is -2.33. The fourth-order valence-corrected chi connectivity index (χ4v) is 3.81. The van der Waals surface area contributed by atoms with Gasteiger partial charge in [0.2, 0.25) is 5.91 Å². The van der Waals surface area contributed by atoms with Crippen LogP contribution in [0.1, 0.15) is 57.4 Å². The lowest BCUT2D eigenvalue weighted by Crippen LogP contribution is -2.48. The Labute approximate surface area is 163 Å². The van der Waals surface area contributed by atoms with Crippen LogP contribution in [0.5, 0.6) is 0 Å². The highest BCUT2D eigenvalue weighted by molar-refractivity contribution is 5.98. The summed E-state index contributed by atoms with van der Waals surface area (Å²) in [7, 11) is 0. The smallest absolute Gasteiger partial charge is 0.244 e. The van der Waals surface area contributed by atoms with Crippen LogP contribution in [-0.4, -0.2) is 28.9 Å². The first-order valence-corrected chi connectivity index (χ1v) is 9.00. The molecule has 25 heavy (non-hydrogen) atoms. The largest absolute Gasteiger partial charge is 0.324 e. The predicted molar refractivity (Wildman–Crippen MR) is 109 cm³/mol. The molecule has 1 aliphatic heterocycles. The summed E-state index contributed by atoms with van der Waals surface area (Å²) < 4.78 is 0. The van der Waals surface area contributed by atoms with Crippen LogP contribution >= 0.6 is 24.8 Å². The number of hydrogen-bond donors (Lipinski definition) is 2. The standard InChI is InChI=1S/C19H29N3O.2ClH/c1-15-6-2-5-13-22(15)14-16-7-9-17(10-8-16)21-18(23)19(20)11-3-4-12-19;;/h7-10,15H,2-6,11-14,20H2,1H3,(H,21,23);2*1H. The number of carbonyl (C=O) groups excluding carboxylic acids is 1. The SMILES string of the molecule is CC1CCCCN1Cc1ccc(NC(=O)C2(N)CCCC2)cc1.Cl.Cl. The Balaban J connectivity index is 0.00000156. The number of nitrogens with two attached hydrogens (primary N) is 1. The summed E-state index contributed by atoms with van der Waals surface area (Å²) in [5.74, 6) is -0.0348. The van der Waals surface area contributed by atoms with Gasteiger partial charge in [0.1, 0.15) is 0 Å². The number of carbonyl (C=O) groups is 1. The Morgan fingerprint density at radius 1 is 1.16 bits per heavy atom. The van der Waals surface area contributed by atoms with E-state index < -0.39 is 5.54 Å². The van der Waals surface area contributed by atoms with E-state index in [0.29, 0.717) is 6.04 Å². The van der Waals surface area contributed by atoms with Crippen molar-refractivity contribution in [2.24, 2.45) is 5.73 Å². The molecule has 1 atom stereocenters. The van der Waals surface area contributed by atoms with Gasteiger partial charge in [-0.15, -0.1) is 24.8 Å². The number of halogens is 2. The fraction of sp³-hybridized carbons (Fsp3) is 0.632. The number of piperidine rings is 1. The van der Waals surface area contributed by atoms with Gasteiger partial charge < -0.3 is 11.1 Å². The average molecular weight is 388 g/mol. The number of nitrogens with one attached hydrogen (secondary N) is 1. The van der Waals surface area contributed by atoms with Gasteiger partial charge in [-0.3, -0.25) is 9.69 Å². The lowest BCUT2D eigenvalue weighted by atomic mass is 9.98. The Bertz CT molecular complexity index is 544. The van der Waals surface area contributed by atoms with Crippen molar-refractivity contribution in [1.29, 1.82) is 0 Å². The number of amides is 1. The van der Waals surface area contributed by atoms with Crippen molar-refractivity contribution in [2.45, 2.75) is 70.0 Å². The van der Waals surface area contributed by atoms with Crippen molar-refractivity contribution >= 4 is 36.4 Å². The van der Waals surface area contributed by atoms with Gasteiger partial charge in [-0.05, 0) is 56.8 Å². The van der Waals surface area contributed by atoms with Gasteiger partial charge in [-0.25, -0.2) is 0 Å². The topological polar surface area (TPSA) is 58.4 Å². The Kier molecular flexibility index (Phi) is 8.69. The summed E-state index contributed by atoms with van der Waals surface area (Å²) in [5.41, 5.74) is 7.69. The molecule has 142 valence electrons. The quantitative estimate of drug-likeness (QED) is 0.816. The van der Waals surface area contributed by atoms with E-state index >= 15 is 0 Å². The van der Waals surface area contributed by atoms with E-state index in [2.05, 4.69) is 29.3 Å². The number of nitrogens with zero attached hydrogens (tertiary/aromatic N) is 1. The predicted octanol–water partition coefficient (Wildman–Crippen LogP) is 4.11. The highest BCUT2D eigenvalue weighted by Crippen LogP contribution is 2.28. The molecule has 2 fully saturated rings. The highest BCUT2D eigenvalue weighted by Gasteiger charge is 2.36. The van der Waals surface area contributed by atoms with Crippen LogP contribution in [0, 0.1) is 0 Å². The molecule has 1 saturated heterocycles. The van der Waals surface area contributed by atoms with Crippen molar-refractivity contribution < 1.29 is 4.79 Å². The zero-order valence-electron chi connectivity index (χ0n) is 15.0. The van der Waals surface area contributed by atoms with Crippen molar-refractivity contribution in [3.8, 4) is 0 Å². The van der Waals surface area contributed by atoms with E-state index in [1.54, 1.807) is 0 Å². The van der Waals surface area contributed by atoms with Crippen molar-refractivity contribution in [3.05, 3.63) is 29.8 Å². The molecule has 4 nitrogen and oxygen atoms in total. The Morgan fingerprint density at radius 3 is 2.40 bits per heavy atom. The van der Waals surface area contributed by atoms with Gasteiger partial charge in [0, 0.05) is 18.3 Å². The van der Waals surface area contributed by atoms with Crippen LogP contribution < -0.4 is 11.1 Å². The summed E-state index contributed by atoms with van der Waals surface area (Å²) in [4.78, 5) is 14.9. The summed E-state index contributed by atoms with van der Waals surface area (Å²) in [6.07, 6.45) is 7.65. The molecule has 1 unspecified atom stereocenters. The van der Waals surface area contributed by atoms with E-state index in [-0.39, 0.29) is 30.7 Å². The molecule has 1 heterocycles. The molecule has 1 aromatic carbocycles. The van der Waals surface area contributed by atoms with Crippen molar-refractivity contribution in [1.82, 2.24) is 4.90 Å². The Morgan fingerprint density at radius 2 is 1.80 bits per heavy atom. The minimum absolute atomic E-state index is 0. The van der Waals surface area contributed by atoms with E-state index in [1.165, 1.54) is 31.4 Å². The first-order valence-electron chi connectivity index (χ1n) is 9.00. The second kappa shape index (κ2) is 9.77. The van der Waals surface area contributed by atoms with Crippen LogP contribution in [0.2, 0.25) is 0 Å². The zero-order chi connectivity index (χ0) is 16.3. The number of hydrogen-bond acceptors (Lipinski definition) is 3. The maximum Gasteiger partial charge on any atom is 0.244 e. The monoisotopic (exact) mass is 387 g/mol. The minimum Gasteiger partial charge on any atom is -0.324 e. The van der Waals surface area contributed by atoms with Crippen LogP contribution in [0.4, 0.5) is 5.69 Å². The van der Waals surface area contributed by atoms with E-state index in [9.17, 15) is 4.79 Å². The zero-order valence-corrected chi connectivity index (χ0v) is 16.6. The minimum atomic E-state index is -0.665. The molecule has 1 aromatic rings. The molecular formula is C19H31Cl2N3O. The maximum absolute atomic E-state index is 12.3. The maximum atomic E-state index is 12.3. The fourth-order valence-electron chi connectivity index (χ4n) is 3.81. The van der Waals surface area contributed by atoms with Gasteiger partial charge in [0.05, 0.1) is 5.54 Å². The van der Waals surface area contributed by atoms with Crippen LogP contribution in [0.25, 0.3) is 0 Å². The molecule has 3 rings (SSSR count). The van der Waals surface area contributed by atoms with Gasteiger partial charge in [0.25, 0.3) is 0 Å².